The van der Waals surface area contributed by atoms with Gasteiger partial charge in [-0.15, -0.1) is 0 Å². The number of aldehydes is 1. The molecule has 202 valence electrons. The third-order valence-corrected chi connectivity index (χ3v) is 6.83. The average molecular weight is 542 g/mol. The van der Waals surface area contributed by atoms with E-state index in [4.69, 9.17) is 16.3 Å². The van der Waals surface area contributed by atoms with Gasteiger partial charge < -0.3 is 30.1 Å². The summed E-state index contributed by atoms with van der Waals surface area (Å²) in [7, 11) is 7.31. The molecule has 2 aliphatic rings. The molecule has 1 fully saturated rings. The topological polar surface area (TPSA) is 120 Å². The molecule has 1 saturated heterocycles. The van der Waals surface area contributed by atoms with Gasteiger partial charge >= 0.3 is 5.97 Å². The first-order valence-corrected chi connectivity index (χ1v) is 12.7. The van der Waals surface area contributed by atoms with Crippen molar-refractivity contribution < 1.29 is 19.1 Å². The number of rotatable bonds is 7. The summed E-state index contributed by atoms with van der Waals surface area (Å²) in [5, 5.41) is 6.76. The number of carbonyl (C=O) groups is 3. The molecular weight excluding hydrogens is 510 g/mol. The molecule has 4 rings (SSSR count). The van der Waals surface area contributed by atoms with Crippen LogP contribution in [-0.4, -0.2) is 87.5 Å². The largest absolute Gasteiger partial charge is 0.460 e. The van der Waals surface area contributed by atoms with Gasteiger partial charge in [-0.05, 0) is 31.0 Å². The molecular formula is C26H32ClN7O4. The van der Waals surface area contributed by atoms with Crippen molar-refractivity contribution in [3.05, 3.63) is 40.6 Å². The van der Waals surface area contributed by atoms with Crippen molar-refractivity contribution >= 4 is 58.6 Å². The summed E-state index contributed by atoms with van der Waals surface area (Å²) >= 11 is 6.45. The minimum atomic E-state index is -0.664. The van der Waals surface area contributed by atoms with Crippen LogP contribution in [0.2, 0.25) is 5.02 Å². The van der Waals surface area contributed by atoms with E-state index >= 15 is 0 Å². The summed E-state index contributed by atoms with van der Waals surface area (Å²) in [5.74, 6) is 0.426. The number of hydrogen-bond acceptors (Lipinski definition) is 10. The molecule has 0 atom stereocenters. The number of halogens is 1. The summed E-state index contributed by atoms with van der Waals surface area (Å²) in [5.41, 5.74) is 2.45. The molecule has 1 amide bonds. The Hall–Kier alpha value is -3.86. The quantitative estimate of drug-likeness (QED) is 0.307. The van der Waals surface area contributed by atoms with Gasteiger partial charge in [-0.3, -0.25) is 9.59 Å². The summed E-state index contributed by atoms with van der Waals surface area (Å²) < 4.78 is 5.12. The predicted molar refractivity (Wildman–Crippen MR) is 147 cm³/mol. The van der Waals surface area contributed by atoms with E-state index in [1.807, 2.05) is 42.1 Å². The number of anilines is 4. The van der Waals surface area contributed by atoms with Crippen LogP contribution in [0.4, 0.5) is 23.1 Å². The van der Waals surface area contributed by atoms with Gasteiger partial charge in [0.2, 0.25) is 11.9 Å². The van der Waals surface area contributed by atoms with E-state index in [-0.39, 0.29) is 24.0 Å². The van der Waals surface area contributed by atoms with Crippen LogP contribution < -0.4 is 20.4 Å². The highest BCUT2D eigenvalue weighted by atomic mass is 35.5. The monoisotopic (exact) mass is 541 g/mol. The highest BCUT2D eigenvalue weighted by molar-refractivity contribution is 6.33. The van der Waals surface area contributed by atoms with Gasteiger partial charge in [-0.25, -0.2) is 9.78 Å². The van der Waals surface area contributed by atoms with Crippen molar-refractivity contribution in [3.8, 4) is 0 Å². The van der Waals surface area contributed by atoms with E-state index in [0.29, 0.717) is 59.7 Å². The SMILES string of the molecule is CN(C)C(=O)C1CCN(c2ncc(Cl)c(Nc3ccc(N(C)C)c(C4=C(C=O)C(=O)OCCN4)c3)n2)CC1. The van der Waals surface area contributed by atoms with Gasteiger partial charge in [0.25, 0.3) is 0 Å². The number of carbonyl (C=O) groups excluding carboxylic acids is 3. The summed E-state index contributed by atoms with van der Waals surface area (Å²) in [4.78, 5) is 51.1. The molecule has 11 nitrogen and oxygen atoms in total. The molecule has 0 spiro atoms. The third-order valence-electron chi connectivity index (χ3n) is 6.55. The minimum Gasteiger partial charge on any atom is -0.460 e. The van der Waals surface area contributed by atoms with Crippen LogP contribution in [0.25, 0.3) is 5.70 Å². The molecule has 0 radical (unpaired) electrons. The number of piperidine rings is 1. The number of nitrogens with one attached hydrogen (secondary N) is 2. The fourth-order valence-electron chi connectivity index (χ4n) is 4.57. The Morgan fingerprint density at radius 3 is 2.63 bits per heavy atom. The Labute approximate surface area is 226 Å². The Bertz CT molecular complexity index is 1260. The Morgan fingerprint density at radius 2 is 1.97 bits per heavy atom. The molecule has 38 heavy (non-hydrogen) atoms. The van der Waals surface area contributed by atoms with Crippen LogP contribution in [0.3, 0.4) is 0 Å². The van der Waals surface area contributed by atoms with Crippen molar-refractivity contribution in [2.24, 2.45) is 5.92 Å². The Morgan fingerprint density at radius 1 is 1.24 bits per heavy atom. The second kappa shape index (κ2) is 11.7. The lowest BCUT2D eigenvalue weighted by Gasteiger charge is -2.32. The van der Waals surface area contributed by atoms with E-state index in [1.54, 1.807) is 25.2 Å². The third kappa shape index (κ3) is 5.83. The number of amides is 1. The van der Waals surface area contributed by atoms with Gasteiger partial charge in [0, 0.05) is 70.7 Å². The van der Waals surface area contributed by atoms with Crippen LogP contribution in [-0.2, 0) is 19.1 Å². The standard InChI is InChI=1S/C26H32ClN7O4/c1-32(2)21-6-5-17(13-18(21)22-19(15-35)25(37)38-12-9-28-22)30-23-20(27)14-29-26(31-23)34-10-7-16(8-11-34)24(36)33(3)4/h5-6,13-16,28H,7-12H2,1-4H3,(H,29,30,31). The van der Waals surface area contributed by atoms with E-state index in [1.165, 1.54) is 0 Å². The maximum atomic E-state index is 12.4. The van der Waals surface area contributed by atoms with Crippen LogP contribution in [0, 0.1) is 5.92 Å². The first-order chi connectivity index (χ1) is 18.2. The predicted octanol–water partition coefficient (Wildman–Crippen LogP) is 2.30. The second-order valence-corrected chi connectivity index (χ2v) is 9.99. The van der Waals surface area contributed by atoms with Crippen molar-refractivity contribution in [1.82, 2.24) is 20.2 Å². The number of cyclic esters (lactones) is 1. The fourth-order valence-corrected chi connectivity index (χ4v) is 4.71. The zero-order chi connectivity index (χ0) is 27.4. The molecule has 0 saturated carbocycles. The lowest BCUT2D eigenvalue weighted by molar-refractivity contribution is -0.139. The average Bonchev–Trinajstić information content (AvgIpc) is 3.10. The normalized spacial score (nSPS) is 16.3. The van der Waals surface area contributed by atoms with Crippen molar-refractivity contribution in [3.63, 3.8) is 0 Å². The Kier molecular flexibility index (Phi) is 8.35. The van der Waals surface area contributed by atoms with Gasteiger partial charge in [0.05, 0.1) is 11.9 Å². The lowest BCUT2D eigenvalue weighted by atomic mass is 9.96. The molecule has 1 aromatic heterocycles. The fraction of sp³-hybridized carbons (Fsp3) is 0.423. The van der Waals surface area contributed by atoms with Gasteiger partial charge in [0.15, 0.2) is 12.1 Å². The molecule has 0 aliphatic carbocycles. The molecule has 0 unspecified atom stereocenters. The highest BCUT2D eigenvalue weighted by Crippen LogP contribution is 2.33. The van der Waals surface area contributed by atoms with Crippen LogP contribution >= 0.6 is 11.6 Å². The Balaban J connectivity index is 1.61. The summed E-state index contributed by atoms with van der Waals surface area (Å²) in [6, 6.07) is 5.58. The lowest BCUT2D eigenvalue weighted by Crippen LogP contribution is -2.40. The van der Waals surface area contributed by atoms with E-state index in [9.17, 15) is 14.4 Å². The number of aromatic nitrogens is 2. The number of benzene rings is 1. The van der Waals surface area contributed by atoms with Crippen LogP contribution in [0.15, 0.2) is 30.0 Å². The summed E-state index contributed by atoms with van der Waals surface area (Å²) in [6.07, 6.45) is 3.52. The van der Waals surface area contributed by atoms with E-state index in [2.05, 4.69) is 20.6 Å². The van der Waals surface area contributed by atoms with Crippen LogP contribution in [0.1, 0.15) is 18.4 Å². The first-order valence-electron chi connectivity index (χ1n) is 12.4. The number of ether oxygens (including phenoxy) is 1. The number of hydrogen-bond donors (Lipinski definition) is 2. The van der Waals surface area contributed by atoms with E-state index < -0.39 is 5.97 Å². The molecule has 0 bridgehead atoms. The van der Waals surface area contributed by atoms with Gasteiger partial charge in [-0.2, -0.15) is 4.98 Å². The van der Waals surface area contributed by atoms with Crippen molar-refractivity contribution in [1.29, 1.82) is 0 Å². The molecule has 2 aliphatic heterocycles. The van der Waals surface area contributed by atoms with Crippen molar-refractivity contribution in [2.45, 2.75) is 12.8 Å². The van der Waals surface area contributed by atoms with E-state index in [0.717, 1.165) is 18.5 Å². The molecule has 2 N–H and O–H groups in total. The number of nitrogens with zero attached hydrogens (tertiary/aromatic N) is 5. The number of esters is 1. The van der Waals surface area contributed by atoms with Crippen molar-refractivity contribution in [2.75, 3.05) is 69.5 Å². The molecule has 12 heteroatoms. The maximum Gasteiger partial charge on any atom is 0.343 e. The molecule has 1 aromatic carbocycles. The first kappa shape index (κ1) is 27.2. The molecule has 2 aromatic rings. The maximum absolute atomic E-state index is 12.4. The zero-order valence-corrected chi connectivity index (χ0v) is 22.7. The smallest absolute Gasteiger partial charge is 0.343 e. The molecule has 3 heterocycles. The van der Waals surface area contributed by atoms with Gasteiger partial charge in [-0.1, -0.05) is 11.6 Å². The van der Waals surface area contributed by atoms with Gasteiger partial charge in [0.1, 0.15) is 17.2 Å². The van der Waals surface area contributed by atoms with Crippen LogP contribution in [0.5, 0.6) is 0 Å². The zero-order valence-electron chi connectivity index (χ0n) is 22.0. The minimum absolute atomic E-state index is 0.000202. The highest BCUT2D eigenvalue weighted by Gasteiger charge is 2.28. The second-order valence-electron chi connectivity index (χ2n) is 9.58. The summed E-state index contributed by atoms with van der Waals surface area (Å²) in [6.45, 7) is 1.87.